The van der Waals surface area contributed by atoms with Crippen molar-refractivity contribution in [1.29, 1.82) is 0 Å². The summed E-state index contributed by atoms with van der Waals surface area (Å²) in [5.41, 5.74) is 4.36. The van der Waals surface area contributed by atoms with Gasteiger partial charge < -0.3 is 10.6 Å². The zero-order chi connectivity index (χ0) is 28.1. The topological polar surface area (TPSA) is 61.4 Å². The van der Waals surface area contributed by atoms with Gasteiger partial charge in [-0.05, 0) is 71.1 Å². The van der Waals surface area contributed by atoms with Gasteiger partial charge in [0.25, 0.3) is 11.8 Å². The number of carbonyl (C=O) groups is 2. The molecule has 2 amide bonds. The predicted molar refractivity (Wildman–Crippen MR) is 149 cm³/mol. The van der Waals surface area contributed by atoms with Crippen LogP contribution >= 0.6 is 0 Å². The van der Waals surface area contributed by atoms with Gasteiger partial charge in [-0.3, -0.25) is 14.5 Å². The summed E-state index contributed by atoms with van der Waals surface area (Å²) in [5, 5.41) is 5.91. The van der Waals surface area contributed by atoms with E-state index in [-0.39, 0.29) is 11.8 Å². The van der Waals surface area contributed by atoms with Gasteiger partial charge in [0.05, 0.1) is 5.56 Å². The lowest BCUT2D eigenvalue weighted by Crippen LogP contribution is -2.37. The number of hydrogen-bond acceptors (Lipinski definition) is 3. The molecule has 1 heterocycles. The Bertz CT molecular complexity index is 1500. The molecule has 0 aromatic heterocycles. The predicted octanol–water partition coefficient (Wildman–Crippen LogP) is 6.41. The summed E-state index contributed by atoms with van der Waals surface area (Å²) in [6.45, 7) is 2.87. The van der Waals surface area contributed by atoms with Gasteiger partial charge in [0.2, 0.25) is 0 Å². The van der Waals surface area contributed by atoms with Crippen molar-refractivity contribution in [1.82, 2.24) is 10.2 Å². The average molecular weight is 544 g/mol. The molecule has 4 aromatic rings. The number of alkyl halides is 3. The summed E-state index contributed by atoms with van der Waals surface area (Å²) in [4.78, 5) is 27.7. The van der Waals surface area contributed by atoms with E-state index in [2.05, 4.69) is 15.5 Å². The zero-order valence-corrected chi connectivity index (χ0v) is 21.7. The van der Waals surface area contributed by atoms with E-state index in [4.69, 9.17) is 0 Å². The van der Waals surface area contributed by atoms with Gasteiger partial charge in [0.1, 0.15) is 0 Å². The van der Waals surface area contributed by atoms with E-state index in [0.717, 1.165) is 43.8 Å². The molecule has 0 saturated heterocycles. The first-order valence-electron chi connectivity index (χ1n) is 13.0. The van der Waals surface area contributed by atoms with Crippen molar-refractivity contribution in [2.75, 3.05) is 25.0 Å². The molecular formula is C32H28F3N3O2. The molecule has 8 heteroatoms. The average Bonchev–Trinajstić information content (AvgIpc) is 2.97. The molecule has 0 atom stereocenters. The van der Waals surface area contributed by atoms with Crippen molar-refractivity contribution in [3.8, 4) is 11.1 Å². The summed E-state index contributed by atoms with van der Waals surface area (Å²) in [6, 6.07) is 26.6. The van der Waals surface area contributed by atoms with Crippen LogP contribution in [0.15, 0.2) is 97.1 Å². The Morgan fingerprint density at radius 1 is 0.800 bits per heavy atom. The van der Waals surface area contributed by atoms with Crippen LogP contribution < -0.4 is 10.6 Å². The number of carbonyl (C=O) groups excluding carboxylic acids is 2. The second-order valence-corrected chi connectivity index (χ2v) is 9.71. The molecule has 5 rings (SSSR count). The van der Waals surface area contributed by atoms with E-state index in [1.807, 2.05) is 36.4 Å². The highest BCUT2D eigenvalue weighted by Crippen LogP contribution is 2.32. The third-order valence-corrected chi connectivity index (χ3v) is 7.00. The van der Waals surface area contributed by atoms with Crippen molar-refractivity contribution in [2.45, 2.75) is 19.1 Å². The van der Waals surface area contributed by atoms with Crippen LogP contribution in [0.5, 0.6) is 0 Å². The van der Waals surface area contributed by atoms with Crippen LogP contribution in [0.25, 0.3) is 11.1 Å². The molecule has 5 nitrogen and oxygen atoms in total. The third-order valence-electron chi connectivity index (χ3n) is 7.00. The molecule has 2 N–H and O–H groups in total. The number of nitrogens with one attached hydrogen (secondary N) is 2. The van der Waals surface area contributed by atoms with Crippen LogP contribution in [0, 0.1) is 0 Å². The van der Waals surface area contributed by atoms with E-state index in [0.29, 0.717) is 34.5 Å². The van der Waals surface area contributed by atoms with Crippen molar-refractivity contribution in [2.24, 2.45) is 0 Å². The molecular weight excluding hydrogens is 515 g/mol. The molecule has 0 aliphatic carbocycles. The Labute approximate surface area is 230 Å². The Kier molecular flexibility index (Phi) is 7.98. The summed E-state index contributed by atoms with van der Waals surface area (Å²) in [6.07, 6.45) is -3.61. The summed E-state index contributed by atoms with van der Waals surface area (Å²) in [7, 11) is 0. The maximum absolute atomic E-state index is 13.2. The lowest BCUT2D eigenvalue weighted by molar-refractivity contribution is -0.137. The molecule has 0 saturated carbocycles. The molecule has 1 aliphatic rings. The van der Waals surface area contributed by atoms with Gasteiger partial charge in [-0.15, -0.1) is 0 Å². The van der Waals surface area contributed by atoms with Gasteiger partial charge in [-0.25, -0.2) is 0 Å². The second kappa shape index (κ2) is 11.8. The Morgan fingerprint density at radius 3 is 2.27 bits per heavy atom. The maximum Gasteiger partial charge on any atom is 0.416 e. The monoisotopic (exact) mass is 543 g/mol. The van der Waals surface area contributed by atoms with Crippen LogP contribution in [0.3, 0.4) is 0 Å². The highest BCUT2D eigenvalue weighted by molar-refractivity contribution is 6.08. The van der Waals surface area contributed by atoms with E-state index in [9.17, 15) is 22.8 Å². The highest BCUT2D eigenvalue weighted by Gasteiger charge is 2.30. The minimum absolute atomic E-state index is 0.0849. The Hall–Kier alpha value is -4.43. The lowest BCUT2D eigenvalue weighted by atomic mass is 9.97. The third kappa shape index (κ3) is 6.40. The number of anilines is 1. The Morgan fingerprint density at radius 2 is 1.52 bits per heavy atom. The molecule has 4 aromatic carbocycles. The number of nitrogens with zero attached hydrogens (tertiary/aromatic N) is 1. The number of benzene rings is 4. The number of fused-ring (bicyclic) bond motifs is 1. The smallest absolute Gasteiger partial charge is 0.351 e. The number of hydrogen-bond donors (Lipinski definition) is 2. The van der Waals surface area contributed by atoms with Gasteiger partial charge in [0.15, 0.2) is 0 Å². The minimum Gasteiger partial charge on any atom is -0.351 e. The molecule has 0 radical (unpaired) electrons. The van der Waals surface area contributed by atoms with E-state index in [1.165, 1.54) is 17.7 Å². The van der Waals surface area contributed by atoms with Crippen LogP contribution in [0.4, 0.5) is 18.9 Å². The van der Waals surface area contributed by atoms with Crippen LogP contribution in [-0.2, 0) is 19.1 Å². The maximum atomic E-state index is 13.2. The van der Waals surface area contributed by atoms with Crippen LogP contribution in [0.2, 0.25) is 0 Å². The quantitative estimate of drug-likeness (QED) is 0.283. The fourth-order valence-corrected chi connectivity index (χ4v) is 4.87. The molecule has 0 fully saturated rings. The minimum atomic E-state index is -4.42. The van der Waals surface area contributed by atoms with Crippen molar-refractivity contribution in [3.05, 3.63) is 125 Å². The van der Waals surface area contributed by atoms with E-state index in [1.54, 1.807) is 36.4 Å². The zero-order valence-electron chi connectivity index (χ0n) is 21.7. The van der Waals surface area contributed by atoms with Gasteiger partial charge in [-0.1, -0.05) is 54.6 Å². The van der Waals surface area contributed by atoms with Crippen molar-refractivity contribution >= 4 is 17.5 Å². The van der Waals surface area contributed by atoms with Gasteiger partial charge >= 0.3 is 6.18 Å². The fourth-order valence-electron chi connectivity index (χ4n) is 4.87. The number of amides is 2. The fraction of sp³-hybridized carbons (Fsp3) is 0.188. The summed E-state index contributed by atoms with van der Waals surface area (Å²) < 4.78 is 38.9. The standard InChI is InChI=1S/C32H28F3N3O2/c33-32(34,35)26-13-10-22(11-14-26)28-8-4-5-9-29(28)31(40)37-27-15-12-25-21-38(18-16-24(25)20-27)19-17-36-30(39)23-6-2-1-3-7-23/h1-15,20H,16-19,21H2,(H,36,39)(H,37,40). The molecule has 0 unspecified atom stereocenters. The van der Waals surface area contributed by atoms with Crippen molar-refractivity contribution in [3.63, 3.8) is 0 Å². The first-order valence-corrected chi connectivity index (χ1v) is 13.0. The second-order valence-electron chi connectivity index (χ2n) is 9.71. The van der Waals surface area contributed by atoms with Crippen LogP contribution in [-0.4, -0.2) is 36.3 Å². The number of halogens is 3. The molecule has 40 heavy (non-hydrogen) atoms. The molecule has 0 bridgehead atoms. The Balaban J connectivity index is 1.20. The lowest BCUT2D eigenvalue weighted by Gasteiger charge is -2.29. The van der Waals surface area contributed by atoms with E-state index < -0.39 is 11.7 Å². The number of rotatable bonds is 7. The van der Waals surface area contributed by atoms with Gasteiger partial charge in [0, 0.05) is 43.0 Å². The summed E-state index contributed by atoms with van der Waals surface area (Å²) in [5.74, 6) is -0.416. The largest absolute Gasteiger partial charge is 0.416 e. The molecule has 204 valence electrons. The van der Waals surface area contributed by atoms with Gasteiger partial charge in [-0.2, -0.15) is 13.2 Å². The molecule has 1 aliphatic heterocycles. The highest BCUT2D eigenvalue weighted by atomic mass is 19.4. The molecule has 0 spiro atoms. The summed E-state index contributed by atoms with van der Waals surface area (Å²) >= 11 is 0. The van der Waals surface area contributed by atoms with E-state index >= 15 is 0 Å². The first-order chi connectivity index (χ1) is 19.3. The first kappa shape index (κ1) is 27.1. The van der Waals surface area contributed by atoms with Crippen molar-refractivity contribution < 1.29 is 22.8 Å². The van der Waals surface area contributed by atoms with Crippen LogP contribution in [0.1, 0.15) is 37.4 Å². The SMILES string of the molecule is O=C(NCCN1CCc2cc(NC(=O)c3ccccc3-c3ccc(C(F)(F)F)cc3)ccc2C1)c1ccccc1. The normalized spacial score (nSPS) is 13.4.